The van der Waals surface area contributed by atoms with E-state index in [0.29, 0.717) is 47.1 Å². The number of rotatable bonds is 11. The van der Waals surface area contributed by atoms with Crippen LogP contribution >= 0.6 is 11.6 Å². The third kappa shape index (κ3) is 6.73. The summed E-state index contributed by atoms with van der Waals surface area (Å²) >= 11 is 6.32. The Morgan fingerprint density at radius 3 is 2.53 bits per heavy atom. The number of nitrogens with zero attached hydrogens (tertiary/aromatic N) is 3. The van der Waals surface area contributed by atoms with Crippen molar-refractivity contribution >= 4 is 52.1 Å². The van der Waals surface area contributed by atoms with Gasteiger partial charge in [0.2, 0.25) is 5.91 Å². The molecule has 0 bridgehead atoms. The van der Waals surface area contributed by atoms with Crippen molar-refractivity contribution in [2.75, 3.05) is 42.3 Å². The summed E-state index contributed by atoms with van der Waals surface area (Å²) in [5, 5.41) is 24.3. The van der Waals surface area contributed by atoms with E-state index in [2.05, 4.69) is 21.1 Å². The number of aryl methyl sites for hydroxylation is 1. The summed E-state index contributed by atoms with van der Waals surface area (Å²) in [5.74, 6) is -0.103. The standard InChI is InChI=1S/C31H29ClN6O7/c1-18-28(29(36-45-18)21-6-3-4-7-26(21)44-2)31(41)34-14-13-33-23-17-24(25(38(42)43)16-22(23)32)35-30(40)19-9-11-20(12-10-19)37-15-5-8-27(37)39/h3-4,6-7,9-12,16-17,33H,5,8,13-15H2,1-2H3,(H,34,41)(H,35,40). The van der Waals surface area contributed by atoms with Crippen molar-refractivity contribution in [3.05, 3.63) is 92.7 Å². The topological polar surface area (TPSA) is 169 Å². The average Bonchev–Trinajstić information content (AvgIpc) is 3.65. The summed E-state index contributed by atoms with van der Waals surface area (Å²) < 4.78 is 10.7. The Balaban J connectivity index is 1.25. The molecule has 3 N–H and O–H groups in total. The Morgan fingerprint density at radius 2 is 1.84 bits per heavy atom. The molecule has 0 aliphatic carbocycles. The molecule has 2 heterocycles. The highest BCUT2D eigenvalue weighted by molar-refractivity contribution is 6.33. The van der Waals surface area contributed by atoms with Crippen LogP contribution in [0.5, 0.6) is 5.75 Å². The van der Waals surface area contributed by atoms with Crippen LogP contribution in [0.25, 0.3) is 11.3 Å². The average molecular weight is 633 g/mol. The largest absolute Gasteiger partial charge is 0.496 e. The van der Waals surface area contributed by atoms with Gasteiger partial charge in [0, 0.05) is 48.9 Å². The van der Waals surface area contributed by atoms with E-state index >= 15 is 0 Å². The van der Waals surface area contributed by atoms with Crippen molar-refractivity contribution in [3.8, 4) is 17.0 Å². The van der Waals surface area contributed by atoms with Crippen molar-refractivity contribution in [2.45, 2.75) is 19.8 Å². The maximum Gasteiger partial charge on any atom is 0.294 e. The lowest BCUT2D eigenvalue weighted by atomic mass is 10.0. The molecule has 1 aliphatic rings. The molecule has 4 aromatic rings. The summed E-state index contributed by atoms with van der Waals surface area (Å²) in [7, 11) is 1.52. The van der Waals surface area contributed by atoms with Gasteiger partial charge in [-0.2, -0.15) is 0 Å². The second-order valence-electron chi connectivity index (χ2n) is 10.1. The Kier molecular flexibility index (Phi) is 9.28. The summed E-state index contributed by atoms with van der Waals surface area (Å²) in [6, 6.07) is 16.1. The van der Waals surface area contributed by atoms with Gasteiger partial charge >= 0.3 is 0 Å². The van der Waals surface area contributed by atoms with E-state index in [-0.39, 0.29) is 40.8 Å². The number of hydrogen-bond donors (Lipinski definition) is 3. The number of amides is 3. The summed E-state index contributed by atoms with van der Waals surface area (Å²) in [5.41, 5.74) is 1.99. The maximum atomic E-state index is 13.1. The first-order chi connectivity index (χ1) is 21.7. The monoisotopic (exact) mass is 632 g/mol. The van der Waals surface area contributed by atoms with Crippen LogP contribution in [0, 0.1) is 17.0 Å². The van der Waals surface area contributed by atoms with Crippen molar-refractivity contribution in [1.82, 2.24) is 10.5 Å². The van der Waals surface area contributed by atoms with E-state index in [1.54, 1.807) is 60.4 Å². The number of nitro benzene ring substituents is 1. The SMILES string of the molecule is COc1ccccc1-c1noc(C)c1C(=O)NCCNc1cc(NC(=O)c2ccc(N3CCCC3=O)cc2)c([N+](=O)[O-])cc1Cl. The molecule has 3 aromatic carbocycles. The molecule has 1 aliphatic heterocycles. The minimum atomic E-state index is -0.645. The van der Waals surface area contributed by atoms with Crippen LogP contribution in [0.2, 0.25) is 5.02 Å². The highest BCUT2D eigenvalue weighted by Crippen LogP contribution is 2.35. The number of anilines is 3. The molecule has 14 heteroatoms. The van der Waals surface area contributed by atoms with Gasteiger partial charge in [0.1, 0.15) is 28.5 Å². The lowest BCUT2D eigenvalue weighted by molar-refractivity contribution is -0.383. The first kappa shape index (κ1) is 31.0. The summed E-state index contributed by atoms with van der Waals surface area (Å²) in [6.07, 6.45) is 1.26. The molecule has 232 valence electrons. The smallest absolute Gasteiger partial charge is 0.294 e. The van der Waals surface area contributed by atoms with Crippen LogP contribution in [0.15, 0.2) is 65.2 Å². The fraction of sp³-hybridized carbons (Fsp3) is 0.226. The Morgan fingerprint density at radius 1 is 1.09 bits per heavy atom. The molecule has 45 heavy (non-hydrogen) atoms. The van der Waals surface area contributed by atoms with Crippen LogP contribution in [0.1, 0.15) is 39.3 Å². The van der Waals surface area contributed by atoms with Crippen LogP contribution in [0.4, 0.5) is 22.7 Å². The van der Waals surface area contributed by atoms with Crippen LogP contribution in [0.3, 0.4) is 0 Å². The van der Waals surface area contributed by atoms with Crippen LogP contribution in [-0.2, 0) is 4.79 Å². The zero-order chi connectivity index (χ0) is 32.1. The molecule has 1 aromatic heterocycles. The molecule has 0 saturated carbocycles. The minimum Gasteiger partial charge on any atom is -0.496 e. The van der Waals surface area contributed by atoms with Gasteiger partial charge in [0.25, 0.3) is 17.5 Å². The van der Waals surface area contributed by atoms with E-state index in [9.17, 15) is 24.5 Å². The number of carbonyl (C=O) groups excluding carboxylic acids is 3. The number of hydrogen-bond acceptors (Lipinski definition) is 9. The van der Waals surface area contributed by atoms with Gasteiger partial charge in [-0.05, 0) is 55.8 Å². The Labute approximate surface area is 262 Å². The van der Waals surface area contributed by atoms with Gasteiger partial charge in [0.05, 0.1) is 22.7 Å². The predicted molar refractivity (Wildman–Crippen MR) is 168 cm³/mol. The number of nitro groups is 1. The molecule has 1 saturated heterocycles. The van der Waals surface area contributed by atoms with Gasteiger partial charge in [0.15, 0.2) is 0 Å². The molecule has 13 nitrogen and oxygen atoms in total. The maximum absolute atomic E-state index is 13.1. The third-order valence-electron chi connectivity index (χ3n) is 7.22. The van der Waals surface area contributed by atoms with Crippen molar-refractivity contribution in [1.29, 1.82) is 0 Å². The number of benzene rings is 3. The minimum absolute atomic E-state index is 0.0230. The number of ether oxygens (including phenoxy) is 1. The van der Waals surface area contributed by atoms with Gasteiger partial charge in [-0.25, -0.2) is 0 Å². The first-order valence-corrected chi connectivity index (χ1v) is 14.4. The second-order valence-corrected chi connectivity index (χ2v) is 10.5. The molecule has 5 rings (SSSR count). The fourth-order valence-electron chi connectivity index (χ4n) is 4.98. The molecule has 3 amide bonds. The lowest BCUT2D eigenvalue weighted by Gasteiger charge is -2.16. The Hall–Kier alpha value is -5.43. The third-order valence-corrected chi connectivity index (χ3v) is 7.54. The van der Waals surface area contributed by atoms with Gasteiger partial charge in [-0.15, -0.1) is 0 Å². The molecule has 1 fully saturated rings. The highest BCUT2D eigenvalue weighted by atomic mass is 35.5. The summed E-state index contributed by atoms with van der Waals surface area (Å²) in [4.78, 5) is 50.8. The molecule has 0 atom stereocenters. The zero-order valence-electron chi connectivity index (χ0n) is 24.4. The van der Waals surface area contributed by atoms with E-state index in [1.807, 2.05) is 0 Å². The molecular formula is C31H29ClN6O7. The molecule has 0 radical (unpaired) electrons. The quantitative estimate of drug-likeness (QED) is 0.111. The van der Waals surface area contributed by atoms with E-state index in [0.717, 1.165) is 12.5 Å². The van der Waals surface area contributed by atoms with Crippen LogP contribution in [-0.4, -0.2) is 54.5 Å². The first-order valence-electron chi connectivity index (χ1n) is 14.0. The second kappa shape index (κ2) is 13.5. The van der Waals surface area contributed by atoms with E-state index < -0.39 is 22.4 Å². The number of nitrogens with one attached hydrogen (secondary N) is 3. The van der Waals surface area contributed by atoms with Crippen molar-refractivity contribution in [3.63, 3.8) is 0 Å². The van der Waals surface area contributed by atoms with Gasteiger partial charge in [-0.1, -0.05) is 28.9 Å². The van der Waals surface area contributed by atoms with Crippen molar-refractivity contribution < 1.29 is 28.6 Å². The zero-order valence-corrected chi connectivity index (χ0v) is 25.1. The molecule has 0 unspecified atom stereocenters. The highest BCUT2D eigenvalue weighted by Gasteiger charge is 2.25. The van der Waals surface area contributed by atoms with E-state index in [4.69, 9.17) is 20.9 Å². The lowest BCUT2D eigenvalue weighted by Crippen LogP contribution is -2.29. The van der Waals surface area contributed by atoms with Crippen LogP contribution < -0.4 is 25.6 Å². The number of carbonyl (C=O) groups is 3. The number of halogens is 1. The van der Waals surface area contributed by atoms with Gasteiger partial charge in [-0.3, -0.25) is 24.5 Å². The predicted octanol–water partition coefficient (Wildman–Crippen LogP) is 5.44. The number of methoxy groups -OCH3 is 1. The normalized spacial score (nSPS) is 12.6. The summed E-state index contributed by atoms with van der Waals surface area (Å²) in [6.45, 7) is 2.59. The van der Waals surface area contributed by atoms with E-state index in [1.165, 1.54) is 13.2 Å². The fourth-order valence-corrected chi connectivity index (χ4v) is 5.21. The van der Waals surface area contributed by atoms with Crippen molar-refractivity contribution in [2.24, 2.45) is 0 Å². The number of para-hydroxylation sites is 1. The molecule has 0 spiro atoms. The number of aromatic nitrogens is 1. The van der Waals surface area contributed by atoms with Gasteiger partial charge < -0.3 is 30.1 Å². The Bertz CT molecular complexity index is 1770. The molecular weight excluding hydrogens is 604 g/mol.